The van der Waals surface area contributed by atoms with Gasteiger partial charge in [0.1, 0.15) is 22.8 Å². The third-order valence-corrected chi connectivity index (χ3v) is 10.2. The highest BCUT2D eigenvalue weighted by atomic mass is 16.3. The standard InChI is InChI=1S/C37H42O7/c1-8-9-20(4)16-22-10-12-23(13-11-22)24-14-15-26(39)28-25(24)17-35(6)18-36(7)29(19(2)3)31(40)27(21(5)38)33(42)37(36,44)34(43)30(35)32(28)41/h10-15,19,29,39,41-42,44H,4,8-9,16-18H2,1-3,5-7H3/t29?,35-,36-,37+/m1/s1. The number of hydrogen-bond acceptors (Lipinski definition) is 7. The Morgan fingerprint density at radius 1 is 1.05 bits per heavy atom. The van der Waals surface area contributed by atoms with E-state index >= 15 is 0 Å². The quantitative estimate of drug-likeness (QED) is 0.205. The van der Waals surface area contributed by atoms with Crippen molar-refractivity contribution >= 4 is 23.1 Å². The maximum atomic E-state index is 14.5. The van der Waals surface area contributed by atoms with Gasteiger partial charge in [-0.1, -0.05) is 83.5 Å². The smallest absolute Gasteiger partial charge is 0.203 e. The molecule has 0 aromatic heterocycles. The van der Waals surface area contributed by atoms with Crippen LogP contribution in [0.4, 0.5) is 0 Å². The molecule has 0 spiro atoms. The molecule has 4 atom stereocenters. The van der Waals surface area contributed by atoms with Gasteiger partial charge in [0.2, 0.25) is 5.78 Å². The van der Waals surface area contributed by atoms with Crippen molar-refractivity contribution < 1.29 is 34.8 Å². The van der Waals surface area contributed by atoms with E-state index in [0.29, 0.717) is 5.56 Å². The summed E-state index contributed by atoms with van der Waals surface area (Å²) in [5.74, 6) is -5.30. The Labute approximate surface area is 258 Å². The van der Waals surface area contributed by atoms with Crippen LogP contribution in [0.3, 0.4) is 0 Å². The average molecular weight is 599 g/mol. The van der Waals surface area contributed by atoms with Gasteiger partial charge >= 0.3 is 0 Å². The summed E-state index contributed by atoms with van der Waals surface area (Å²) in [5.41, 5.74) is -1.22. The molecule has 3 aliphatic rings. The molecule has 0 aliphatic heterocycles. The number of allylic oxidation sites excluding steroid dienone is 2. The number of rotatable bonds is 7. The van der Waals surface area contributed by atoms with Crippen molar-refractivity contribution in [1.29, 1.82) is 0 Å². The molecule has 2 aromatic rings. The first-order valence-electron chi connectivity index (χ1n) is 15.3. The van der Waals surface area contributed by atoms with Crippen molar-refractivity contribution in [3.63, 3.8) is 0 Å². The van der Waals surface area contributed by atoms with Crippen LogP contribution in [0.25, 0.3) is 16.9 Å². The Hall–Kier alpha value is -3.97. The number of ketones is 3. The third-order valence-electron chi connectivity index (χ3n) is 10.2. The third kappa shape index (κ3) is 4.31. The van der Waals surface area contributed by atoms with Crippen LogP contribution in [0.15, 0.2) is 65.5 Å². The van der Waals surface area contributed by atoms with Crippen LogP contribution in [-0.2, 0) is 27.2 Å². The molecule has 44 heavy (non-hydrogen) atoms. The summed E-state index contributed by atoms with van der Waals surface area (Å²) in [5, 5.41) is 46.3. The van der Waals surface area contributed by atoms with E-state index in [-0.39, 0.29) is 35.6 Å². The molecule has 232 valence electrons. The van der Waals surface area contributed by atoms with E-state index in [1.165, 1.54) is 6.07 Å². The van der Waals surface area contributed by atoms with Gasteiger partial charge in [-0.25, -0.2) is 0 Å². The topological polar surface area (TPSA) is 132 Å². The van der Waals surface area contributed by atoms with Gasteiger partial charge < -0.3 is 20.4 Å². The fourth-order valence-corrected chi connectivity index (χ4v) is 8.52. The van der Waals surface area contributed by atoms with Crippen LogP contribution in [0.1, 0.15) is 77.5 Å². The summed E-state index contributed by atoms with van der Waals surface area (Å²) in [6.07, 6.45) is 3.05. The van der Waals surface area contributed by atoms with Crippen molar-refractivity contribution in [1.82, 2.24) is 0 Å². The number of benzene rings is 2. The highest BCUT2D eigenvalue weighted by molar-refractivity contribution is 6.24. The van der Waals surface area contributed by atoms with E-state index in [1.54, 1.807) is 26.8 Å². The molecule has 0 saturated heterocycles. The van der Waals surface area contributed by atoms with Crippen molar-refractivity contribution in [2.45, 2.75) is 79.2 Å². The molecule has 1 saturated carbocycles. The van der Waals surface area contributed by atoms with Gasteiger partial charge in [0, 0.05) is 22.3 Å². The van der Waals surface area contributed by atoms with Gasteiger partial charge in [-0.15, -0.1) is 0 Å². The number of aliphatic hydroxyl groups is 3. The maximum absolute atomic E-state index is 14.5. The number of Topliss-reactive ketones (excluding diaryl/α,β-unsaturated/α-hetero) is 3. The van der Waals surface area contributed by atoms with Crippen LogP contribution in [0.5, 0.6) is 5.75 Å². The minimum absolute atomic E-state index is 0.0540. The fraction of sp³-hybridized carbons (Fsp3) is 0.432. The van der Waals surface area contributed by atoms with Crippen LogP contribution in [0.2, 0.25) is 0 Å². The molecule has 1 fully saturated rings. The number of aliphatic hydroxyl groups excluding tert-OH is 2. The van der Waals surface area contributed by atoms with Gasteiger partial charge in [-0.2, -0.15) is 0 Å². The molecular formula is C37H42O7. The van der Waals surface area contributed by atoms with E-state index in [1.807, 2.05) is 31.2 Å². The SMILES string of the molecule is C=C(CCC)Cc1ccc(-c2ccc(O)c3c2C[C@]2(C)C[C@]4(C)C(C(C)C)C(=O)C(C(C)=O)=C(O)[C@]4(O)C(=O)C2=C3O)cc1. The van der Waals surface area contributed by atoms with E-state index in [9.17, 15) is 34.8 Å². The minimum atomic E-state index is -2.62. The van der Waals surface area contributed by atoms with Crippen molar-refractivity contribution in [2.24, 2.45) is 22.7 Å². The molecule has 0 radical (unpaired) electrons. The number of hydrogen-bond donors (Lipinski definition) is 4. The average Bonchev–Trinajstić information content (AvgIpc) is 2.91. The zero-order chi connectivity index (χ0) is 32.5. The number of carbonyl (C=O) groups is 3. The summed E-state index contributed by atoms with van der Waals surface area (Å²) < 4.78 is 0. The molecule has 4 N–H and O–H groups in total. The summed E-state index contributed by atoms with van der Waals surface area (Å²) in [6, 6.07) is 11.3. The molecule has 0 bridgehead atoms. The lowest BCUT2D eigenvalue weighted by Crippen LogP contribution is -2.69. The summed E-state index contributed by atoms with van der Waals surface area (Å²) in [7, 11) is 0. The zero-order valence-electron chi connectivity index (χ0n) is 26.4. The van der Waals surface area contributed by atoms with Crippen molar-refractivity contribution in [2.75, 3.05) is 0 Å². The van der Waals surface area contributed by atoms with Gasteiger partial charge in [0.05, 0.1) is 5.56 Å². The Bertz CT molecular complexity index is 1670. The van der Waals surface area contributed by atoms with Gasteiger partial charge in [-0.3, -0.25) is 14.4 Å². The van der Waals surface area contributed by atoms with Crippen LogP contribution in [-0.4, -0.2) is 43.4 Å². The first-order valence-corrected chi connectivity index (χ1v) is 15.3. The van der Waals surface area contributed by atoms with Crippen molar-refractivity contribution in [3.05, 3.63) is 82.1 Å². The first-order chi connectivity index (χ1) is 20.5. The molecule has 3 aliphatic carbocycles. The second kappa shape index (κ2) is 10.6. The molecule has 1 unspecified atom stereocenters. The zero-order valence-corrected chi connectivity index (χ0v) is 26.4. The Balaban J connectivity index is 1.70. The molecule has 0 amide bonds. The fourth-order valence-electron chi connectivity index (χ4n) is 8.52. The molecule has 2 aromatic carbocycles. The predicted octanol–water partition coefficient (Wildman–Crippen LogP) is 6.76. The molecule has 5 rings (SSSR count). The summed E-state index contributed by atoms with van der Waals surface area (Å²) >= 11 is 0. The highest BCUT2D eigenvalue weighted by Crippen LogP contribution is 2.65. The van der Waals surface area contributed by atoms with Gasteiger partial charge in [0.25, 0.3) is 0 Å². The van der Waals surface area contributed by atoms with E-state index in [0.717, 1.165) is 48.4 Å². The monoisotopic (exact) mass is 598 g/mol. The lowest BCUT2D eigenvalue weighted by molar-refractivity contribution is -0.178. The number of phenolic OH excluding ortho intramolecular Hbond substituents is 1. The van der Waals surface area contributed by atoms with Gasteiger partial charge in [0.15, 0.2) is 17.2 Å². The maximum Gasteiger partial charge on any atom is 0.203 e. The number of carbonyl (C=O) groups excluding carboxylic acids is 3. The number of aromatic hydroxyl groups is 1. The lowest BCUT2D eigenvalue weighted by atomic mass is 9.43. The van der Waals surface area contributed by atoms with Crippen LogP contribution >= 0.6 is 0 Å². The predicted molar refractivity (Wildman–Crippen MR) is 169 cm³/mol. The molecule has 7 heteroatoms. The second-order valence-electron chi connectivity index (χ2n) is 13.8. The van der Waals surface area contributed by atoms with E-state index in [2.05, 4.69) is 13.5 Å². The summed E-state index contributed by atoms with van der Waals surface area (Å²) in [6.45, 7) is 14.4. The molecular weight excluding hydrogens is 556 g/mol. The Morgan fingerprint density at radius 3 is 2.25 bits per heavy atom. The normalized spacial score (nSPS) is 28.1. The van der Waals surface area contributed by atoms with E-state index < -0.39 is 56.8 Å². The Kier molecular flexibility index (Phi) is 7.57. The molecule has 7 nitrogen and oxygen atoms in total. The van der Waals surface area contributed by atoms with E-state index in [4.69, 9.17) is 0 Å². The highest BCUT2D eigenvalue weighted by Gasteiger charge is 2.72. The van der Waals surface area contributed by atoms with Crippen LogP contribution < -0.4 is 0 Å². The minimum Gasteiger partial charge on any atom is -0.508 e. The van der Waals surface area contributed by atoms with Crippen molar-refractivity contribution in [3.8, 4) is 16.9 Å². The Morgan fingerprint density at radius 2 is 1.68 bits per heavy atom. The lowest BCUT2D eigenvalue weighted by Gasteiger charge is -2.59. The summed E-state index contributed by atoms with van der Waals surface area (Å²) in [4.78, 5) is 40.7. The largest absolute Gasteiger partial charge is 0.508 e. The number of fused-ring (bicyclic) bond motifs is 3. The van der Waals surface area contributed by atoms with Crippen LogP contribution in [0, 0.1) is 22.7 Å². The van der Waals surface area contributed by atoms with Gasteiger partial charge in [-0.05, 0) is 66.8 Å². The second-order valence-corrected chi connectivity index (χ2v) is 13.8. The number of phenols is 1. The molecule has 0 heterocycles. The first kappa shape index (κ1) is 31.5.